The van der Waals surface area contributed by atoms with E-state index in [1.807, 2.05) is 32.0 Å². The third kappa shape index (κ3) is 4.35. The molecule has 0 aliphatic carbocycles. The summed E-state index contributed by atoms with van der Waals surface area (Å²) in [4.78, 5) is 24.4. The summed E-state index contributed by atoms with van der Waals surface area (Å²) in [6, 6.07) is 12.4. The Balaban J connectivity index is 2.02. The van der Waals surface area contributed by atoms with Crippen LogP contribution in [0.4, 0.5) is 5.69 Å². The van der Waals surface area contributed by atoms with Gasteiger partial charge in [0.05, 0.1) is 12.7 Å². The SMILES string of the molecule is COc1cccc(C(=O)OC(C)C(=O)Nc2cc(C)ccc2C)c1. The number of anilines is 1. The Labute approximate surface area is 141 Å². The van der Waals surface area contributed by atoms with Gasteiger partial charge in [-0.1, -0.05) is 18.2 Å². The molecule has 5 nitrogen and oxygen atoms in total. The van der Waals surface area contributed by atoms with Crippen molar-refractivity contribution < 1.29 is 19.1 Å². The number of ether oxygens (including phenoxy) is 2. The van der Waals surface area contributed by atoms with Crippen LogP contribution in [0.1, 0.15) is 28.4 Å². The highest BCUT2D eigenvalue weighted by atomic mass is 16.5. The molecule has 24 heavy (non-hydrogen) atoms. The van der Waals surface area contributed by atoms with Crippen molar-refractivity contribution in [2.24, 2.45) is 0 Å². The van der Waals surface area contributed by atoms with Gasteiger partial charge in [-0.25, -0.2) is 4.79 Å². The number of rotatable bonds is 5. The molecule has 1 amide bonds. The summed E-state index contributed by atoms with van der Waals surface area (Å²) in [5.74, 6) is -0.394. The molecule has 2 rings (SSSR count). The molecule has 2 aromatic rings. The van der Waals surface area contributed by atoms with Crippen molar-refractivity contribution in [2.75, 3.05) is 12.4 Å². The number of aryl methyl sites for hydroxylation is 2. The topological polar surface area (TPSA) is 64.6 Å². The second-order valence-electron chi connectivity index (χ2n) is 5.59. The fraction of sp³-hybridized carbons (Fsp3) is 0.263. The van der Waals surface area contributed by atoms with E-state index >= 15 is 0 Å². The lowest BCUT2D eigenvalue weighted by atomic mass is 10.1. The molecule has 5 heteroatoms. The van der Waals surface area contributed by atoms with Crippen LogP contribution in [0.2, 0.25) is 0 Å². The molecule has 0 spiro atoms. The van der Waals surface area contributed by atoms with Crippen LogP contribution in [0.25, 0.3) is 0 Å². The molecule has 0 radical (unpaired) electrons. The molecule has 0 saturated carbocycles. The van der Waals surface area contributed by atoms with Gasteiger partial charge in [0.15, 0.2) is 6.10 Å². The Morgan fingerprint density at radius 1 is 1.08 bits per heavy atom. The highest BCUT2D eigenvalue weighted by molar-refractivity contribution is 5.97. The van der Waals surface area contributed by atoms with E-state index in [0.717, 1.165) is 11.1 Å². The lowest BCUT2D eigenvalue weighted by molar-refractivity contribution is -0.123. The molecule has 0 aromatic heterocycles. The van der Waals surface area contributed by atoms with E-state index in [2.05, 4.69) is 5.32 Å². The number of carbonyl (C=O) groups excluding carboxylic acids is 2. The van der Waals surface area contributed by atoms with Crippen LogP contribution in [0.15, 0.2) is 42.5 Å². The van der Waals surface area contributed by atoms with Gasteiger partial charge < -0.3 is 14.8 Å². The van der Waals surface area contributed by atoms with Crippen LogP contribution in [0.3, 0.4) is 0 Å². The Morgan fingerprint density at radius 3 is 2.54 bits per heavy atom. The summed E-state index contributed by atoms with van der Waals surface area (Å²) in [7, 11) is 1.52. The summed E-state index contributed by atoms with van der Waals surface area (Å²) in [5, 5.41) is 2.79. The summed E-state index contributed by atoms with van der Waals surface area (Å²) in [6.45, 7) is 5.39. The van der Waals surface area contributed by atoms with Gasteiger partial charge in [0, 0.05) is 5.69 Å². The quantitative estimate of drug-likeness (QED) is 0.854. The molecule has 0 fully saturated rings. The first-order valence-corrected chi connectivity index (χ1v) is 7.64. The van der Waals surface area contributed by atoms with Crippen LogP contribution < -0.4 is 10.1 Å². The van der Waals surface area contributed by atoms with E-state index in [4.69, 9.17) is 9.47 Å². The van der Waals surface area contributed by atoms with E-state index in [-0.39, 0.29) is 5.91 Å². The summed E-state index contributed by atoms with van der Waals surface area (Å²) < 4.78 is 10.3. The van der Waals surface area contributed by atoms with Gasteiger partial charge >= 0.3 is 5.97 Å². The number of esters is 1. The standard InChI is InChI=1S/C19H21NO4/c1-12-8-9-13(2)17(10-12)20-18(21)14(3)24-19(22)15-6-5-7-16(11-15)23-4/h5-11,14H,1-4H3,(H,20,21). The minimum atomic E-state index is -0.913. The first-order valence-electron chi connectivity index (χ1n) is 7.64. The van der Waals surface area contributed by atoms with Crippen molar-refractivity contribution in [3.05, 3.63) is 59.2 Å². The zero-order valence-corrected chi connectivity index (χ0v) is 14.3. The molecule has 0 saturated heterocycles. The maximum atomic E-state index is 12.3. The van der Waals surface area contributed by atoms with Crippen LogP contribution in [-0.2, 0) is 9.53 Å². The van der Waals surface area contributed by atoms with Crippen molar-refractivity contribution in [2.45, 2.75) is 26.9 Å². The fourth-order valence-corrected chi connectivity index (χ4v) is 2.14. The number of hydrogen-bond acceptors (Lipinski definition) is 4. The number of carbonyl (C=O) groups is 2. The van der Waals surface area contributed by atoms with Crippen LogP contribution in [-0.4, -0.2) is 25.1 Å². The van der Waals surface area contributed by atoms with Gasteiger partial charge in [-0.2, -0.15) is 0 Å². The van der Waals surface area contributed by atoms with Gasteiger partial charge in [0.25, 0.3) is 5.91 Å². The van der Waals surface area contributed by atoms with Gasteiger partial charge in [-0.15, -0.1) is 0 Å². The predicted octanol–water partition coefficient (Wildman–Crippen LogP) is 3.50. The number of nitrogens with one attached hydrogen (secondary N) is 1. The molecular weight excluding hydrogens is 306 g/mol. The highest BCUT2D eigenvalue weighted by Crippen LogP contribution is 2.18. The van der Waals surface area contributed by atoms with Crippen LogP contribution in [0.5, 0.6) is 5.75 Å². The van der Waals surface area contributed by atoms with Crippen LogP contribution >= 0.6 is 0 Å². The Hall–Kier alpha value is -2.82. The van der Waals surface area contributed by atoms with Crippen molar-refractivity contribution in [3.63, 3.8) is 0 Å². The van der Waals surface area contributed by atoms with Gasteiger partial charge in [-0.3, -0.25) is 4.79 Å². The molecule has 2 aromatic carbocycles. The van der Waals surface area contributed by atoms with E-state index in [1.165, 1.54) is 7.11 Å². The maximum Gasteiger partial charge on any atom is 0.339 e. The minimum Gasteiger partial charge on any atom is -0.497 e. The van der Waals surface area contributed by atoms with Crippen LogP contribution in [0, 0.1) is 13.8 Å². The molecular formula is C19H21NO4. The number of amides is 1. The first-order chi connectivity index (χ1) is 11.4. The maximum absolute atomic E-state index is 12.3. The van der Waals surface area contributed by atoms with Crippen molar-refractivity contribution in [1.82, 2.24) is 0 Å². The highest BCUT2D eigenvalue weighted by Gasteiger charge is 2.20. The average Bonchev–Trinajstić information content (AvgIpc) is 2.58. The Morgan fingerprint density at radius 2 is 1.83 bits per heavy atom. The summed E-state index contributed by atoms with van der Waals surface area (Å²) in [6.07, 6.45) is -0.913. The number of hydrogen-bond donors (Lipinski definition) is 1. The van der Waals surface area contributed by atoms with Gasteiger partial charge in [0.1, 0.15) is 5.75 Å². The number of benzene rings is 2. The first kappa shape index (κ1) is 17.5. The summed E-state index contributed by atoms with van der Waals surface area (Å²) >= 11 is 0. The third-order valence-electron chi connectivity index (χ3n) is 3.61. The largest absolute Gasteiger partial charge is 0.497 e. The van der Waals surface area contributed by atoms with E-state index in [9.17, 15) is 9.59 Å². The average molecular weight is 327 g/mol. The lowest BCUT2D eigenvalue weighted by Gasteiger charge is -2.15. The van der Waals surface area contributed by atoms with Gasteiger partial charge in [-0.05, 0) is 56.2 Å². The van der Waals surface area contributed by atoms with Crippen molar-refractivity contribution >= 4 is 17.6 Å². The zero-order chi connectivity index (χ0) is 17.7. The molecule has 126 valence electrons. The normalized spacial score (nSPS) is 11.5. The molecule has 0 aliphatic rings. The monoisotopic (exact) mass is 327 g/mol. The molecule has 0 bridgehead atoms. The molecule has 1 N–H and O–H groups in total. The second kappa shape index (κ2) is 7.64. The molecule has 0 heterocycles. The Kier molecular flexibility index (Phi) is 5.58. The zero-order valence-electron chi connectivity index (χ0n) is 14.3. The van der Waals surface area contributed by atoms with Crippen molar-refractivity contribution in [1.29, 1.82) is 0 Å². The second-order valence-corrected chi connectivity index (χ2v) is 5.59. The number of methoxy groups -OCH3 is 1. The molecule has 1 unspecified atom stereocenters. The fourth-order valence-electron chi connectivity index (χ4n) is 2.14. The van der Waals surface area contributed by atoms with E-state index in [0.29, 0.717) is 17.0 Å². The smallest absolute Gasteiger partial charge is 0.339 e. The molecule has 1 atom stereocenters. The lowest BCUT2D eigenvalue weighted by Crippen LogP contribution is -2.30. The van der Waals surface area contributed by atoms with E-state index < -0.39 is 12.1 Å². The third-order valence-corrected chi connectivity index (χ3v) is 3.61. The molecule has 0 aliphatic heterocycles. The predicted molar refractivity (Wildman–Crippen MR) is 92.4 cm³/mol. The Bertz CT molecular complexity index is 755. The van der Waals surface area contributed by atoms with Gasteiger partial charge in [0.2, 0.25) is 0 Å². The van der Waals surface area contributed by atoms with E-state index in [1.54, 1.807) is 31.2 Å². The van der Waals surface area contributed by atoms with Crippen molar-refractivity contribution in [3.8, 4) is 5.75 Å². The summed E-state index contributed by atoms with van der Waals surface area (Å²) in [5.41, 5.74) is 3.03. The minimum absolute atomic E-state index is 0.334.